The summed E-state index contributed by atoms with van der Waals surface area (Å²) in [5.74, 6) is 0.590. The van der Waals surface area contributed by atoms with E-state index in [9.17, 15) is 8.42 Å². The van der Waals surface area contributed by atoms with Gasteiger partial charge in [0.2, 0.25) is 0 Å². The smallest absolute Gasteiger partial charge is 0.269 e. The Balaban J connectivity index is 1.73. The minimum Gasteiger partial charge on any atom is -0.491 e. The van der Waals surface area contributed by atoms with Gasteiger partial charge in [-0.3, -0.25) is 0 Å². The average Bonchev–Trinajstić information content (AvgIpc) is 3.52. The molecule has 5 nitrogen and oxygen atoms in total. The summed E-state index contributed by atoms with van der Waals surface area (Å²) in [6.45, 7) is 1.16. The minimum absolute atomic E-state index is 0.133. The van der Waals surface area contributed by atoms with Gasteiger partial charge in [-0.2, -0.15) is 0 Å². The van der Waals surface area contributed by atoms with Crippen molar-refractivity contribution >= 4 is 37.3 Å². The van der Waals surface area contributed by atoms with Crippen LogP contribution >= 0.6 is 15.9 Å². The Morgan fingerprint density at radius 3 is 2.04 bits per heavy atom. The first-order chi connectivity index (χ1) is 13.6. The van der Waals surface area contributed by atoms with E-state index in [1.54, 1.807) is 42.5 Å². The van der Waals surface area contributed by atoms with Gasteiger partial charge in [0.25, 0.3) is 10.0 Å². The van der Waals surface area contributed by atoms with E-state index in [4.69, 9.17) is 9.47 Å². The number of para-hydroxylation sites is 2. The van der Waals surface area contributed by atoms with Crippen LogP contribution < -0.4 is 9.04 Å². The highest BCUT2D eigenvalue weighted by atomic mass is 79.9. The van der Waals surface area contributed by atoms with Crippen LogP contribution in [-0.2, 0) is 14.8 Å². The van der Waals surface area contributed by atoms with Crippen molar-refractivity contribution < 1.29 is 17.9 Å². The Bertz CT molecular complexity index is 1010. The summed E-state index contributed by atoms with van der Waals surface area (Å²) in [6, 6.07) is 22.9. The van der Waals surface area contributed by atoms with E-state index in [-0.39, 0.29) is 11.0 Å². The number of hydrogen-bond acceptors (Lipinski definition) is 4. The molecule has 4 rings (SSSR count). The van der Waals surface area contributed by atoms with Gasteiger partial charge in [-0.25, -0.2) is 12.7 Å². The number of epoxide rings is 1. The molecule has 0 amide bonds. The Kier molecular flexibility index (Phi) is 5.39. The van der Waals surface area contributed by atoms with Gasteiger partial charge in [-0.1, -0.05) is 36.4 Å². The van der Waals surface area contributed by atoms with Gasteiger partial charge in [-0.15, -0.1) is 0 Å². The van der Waals surface area contributed by atoms with E-state index in [1.165, 1.54) is 4.31 Å². The predicted octanol–water partition coefficient (Wildman–Crippen LogP) is 4.75. The van der Waals surface area contributed by atoms with E-state index in [0.717, 1.165) is 0 Å². The number of rotatable bonds is 7. The maximum absolute atomic E-state index is 13.6. The predicted molar refractivity (Wildman–Crippen MR) is 112 cm³/mol. The van der Waals surface area contributed by atoms with Crippen molar-refractivity contribution in [3.8, 4) is 5.75 Å². The zero-order valence-electron chi connectivity index (χ0n) is 14.9. The molecule has 0 aliphatic carbocycles. The van der Waals surface area contributed by atoms with Gasteiger partial charge in [0.15, 0.2) is 0 Å². The third-order valence-electron chi connectivity index (χ3n) is 4.24. The fourth-order valence-corrected chi connectivity index (χ4v) is 5.30. The molecular weight excluding hydrogens is 442 g/mol. The second-order valence-electron chi connectivity index (χ2n) is 6.30. The molecule has 0 spiro atoms. The minimum atomic E-state index is -3.87. The summed E-state index contributed by atoms with van der Waals surface area (Å²) >= 11 is 3.40. The largest absolute Gasteiger partial charge is 0.491 e. The molecule has 0 saturated carbocycles. The summed E-state index contributed by atoms with van der Waals surface area (Å²) in [5.41, 5.74) is 1.12. The molecule has 3 aromatic carbocycles. The van der Waals surface area contributed by atoms with Crippen LogP contribution in [0.1, 0.15) is 0 Å². The highest BCUT2D eigenvalue weighted by molar-refractivity contribution is 9.10. The van der Waals surface area contributed by atoms with Crippen molar-refractivity contribution in [3.63, 3.8) is 0 Å². The molecule has 0 N–H and O–H groups in total. The van der Waals surface area contributed by atoms with Crippen molar-refractivity contribution in [2.24, 2.45) is 0 Å². The van der Waals surface area contributed by atoms with Crippen molar-refractivity contribution in [1.29, 1.82) is 0 Å². The van der Waals surface area contributed by atoms with E-state index < -0.39 is 10.0 Å². The molecule has 7 heteroatoms. The van der Waals surface area contributed by atoms with Crippen molar-refractivity contribution in [1.82, 2.24) is 0 Å². The second-order valence-corrected chi connectivity index (χ2v) is 8.91. The lowest BCUT2D eigenvalue weighted by Crippen LogP contribution is -2.26. The molecule has 0 bridgehead atoms. The van der Waals surface area contributed by atoms with Crippen LogP contribution in [0.2, 0.25) is 0 Å². The Labute approximate surface area is 172 Å². The molecule has 28 heavy (non-hydrogen) atoms. The summed E-state index contributed by atoms with van der Waals surface area (Å²) in [6.07, 6.45) is 0.133. The van der Waals surface area contributed by atoms with Crippen LogP contribution in [0.4, 0.5) is 11.4 Å². The van der Waals surface area contributed by atoms with E-state index in [0.29, 0.717) is 34.8 Å². The molecule has 1 aliphatic rings. The second kappa shape index (κ2) is 7.95. The molecular formula is C21H18BrNO4S. The molecule has 0 aromatic heterocycles. The standard InChI is InChI=1S/C21H18BrNO4S/c22-20-13-18(26-14-19-15-27-19)11-12-21(20)28(24,25)23(16-7-3-1-4-8-16)17-9-5-2-6-10-17/h1-13,19H,14-15H2. The SMILES string of the molecule is O=S(=O)(c1ccc(OCC2CO2)cc1Br)N(c1ccccc1)c1ccccc1. The summed E-state index contributed by atoms with van der Waals surface area (Å²) in [4.78, 5) is 0.162. The normalized spacial score (nSPS) is 15.8. The lowest BCUT2D eigenvalue weighted by Gasteiger charge is -2.25. The van der Waals surface area contributed by atoms with E-state index in [2.05, 4.69) is 15.9 Å². The maximum atomic E-state index is 13.6. The average molecular weight is 460 g/mol. The van der Waals surface area contributed by atoms with Crippen LogP contribution in [0.25, 0.3) is 0 Å². The van der Waals surface area contributed by atoms with Gasteiger partial charge in [0, 0.05) is 4.47 Å². The van der Waals surface area contributed by atoms with Crippen LogP contribution in [0.5, 0.6) is 5.75 Å². The van der Waals surface area contributed by atoms with Crippen LogP contribution in [-0.4, -0.2) is 27.7 Å². The first-order valence-electron chi connectivity index (χ1n) is 8.75. The third-order valence-corrected chi connectivity index (χ3v) is 6.97. The first kappa shape index (κ1) is 19.0. The molecule has 1 saturated heterocycles. The Morgan fingerprint density at radius 2 is 1.54 bits per heavy atom. The summed E-state index contributed by atoms with van der Waals surface area (Å²) in [7, 11) is -3.87. The Morgan fingerprint density at radius 1 is 0.964 bits per heavy atom. The fraction of sp³-hybridized carbons (Fsp3) is 0.143. The lowest BCUT2D eigenvalue weighted by molar-refractivity contribution is 0.263. The molecule has 1 heterocycles. The zero-order chi connectivity index (χ0) is 19.6. The topological polar surface area (TPSA) is 59.1 Å². The maximum Gasteiger partial charge on any atom is 0.269 e. The van der Waals surface area contributed by atoms with Gasteiger partial charge in [0.05, 0.1) is 18.0 Å². The molecule has 1 fully saturated rings. The number of hydrogen-bond donors (Lipinski definition) is 0. The monoisotopic (exact) mass is 459 g/mol. The first-order valence-corrected chi connectivity index (χ1v) is 11.0. The zero-order valence-corrected chi connectivity index (χ0v) is 17.3. The highest BCUT2D eigenvalue weighted by Crippen LogP contribution is 2.36. The molecule has 3 aromatic rings. The molecule has 1 unspecified atom stereocenters. The third kappa shape index (κ3) is 4.06. The summed E-state index contributed by atoms with van der Waals surface area (Å²) < 4.78 is 39.7. The van der Waals surface area contributed by atoms with Crippen LogP contribution in [0, 0.1) is 0 Å². The van der Waals surface area contributed by atoms with Crippen molar-refractivity contribution in [2.75, 3.05) is 17.5 Å². The molecule has 144 valence electrons. The van der Waals surface area contributed by atoms with Crippen LogP contribution in [0.3, 0.4) is 0 Å². The van der Waals surface area contributed by atoms with Gasteiger partial charge >= 0.3 is 0 Å². The molecule has 0 radical (unpaired) electrons. The summed E-state index contributed by atoms with van der Waals surface area (Å²) in [5, 5.41) is 0. The fourth-order valence-electron chi connectivity index (χ4n) is 2.79. The van der Waals surface area contributed by atoms with Crippen LogP contribution in [0.15, 0.2) is 88.2 Å². The quantitative estimate of drug-likeness (QED) is 0.478. The van der Waals surface area contributed by atoms with Gasteiger partial charge in [-0.05, 0) is 58.4 Å². The highest BCUT2D eigenvalue weighted by Gasteiger charge is 2.29. The van der Waals surface area contributed by atoms with Gasteiger partial charge in [0.1, 0.15) is 23.4 Å². The van der Waals surface area contributed by atoms with Gasteiger partial charge < -0.3 is 9.47 Å². The van der Waals surface area contributed by atoms with Crippen molar-refractivity contribution in [3.05, 3.63) is 83.3 Å². The molecule has 1 aliphatic heterocycles. The number of anilines is 2. The van der Waals surface area contributed by atoms with Crippen molar-refractivity contribution in [2.45, 2.75) is 11.0 Å². The number of halogens is 1. The number of benzene rings is 3. The number of ether oxygens (including phenoxy) is 2. The number of nitrogens with zero attached hydrogens (tertiary/aromatic N) is 1. The van der Waals surface area contributed by atoms with E-state index in [1.807, 2.05) is 36.4 Å². The Hall–Kier alpha value is -2.35. The lowest BCUT2D eigenvalue weighted by atomic mass is 10.3. The van der Waals surface area contributed by atoms with E-state index >= 15 is 0 Å². The molecule has 1 atom stereocenters. The number of sulfonamides is 1.